The molecule has 1 amide bonds. The molecule has 3 heteroatoms. The van der Waals surface area contributed by atoms with E-state index >= 15 is 0 Å². The molecule has 0 saturated heterocycles. The van der Waals surface area contributed by atoms with Crippen LogP contribution in [0.2, 0.25) is 0 Å². The summed E-state index contributed by atoms with van der Waals surface area (Å²) in [5.41, 5.74) is 1.10. The number of anilines is 1. The number of hydrogen-bond acceptors (Lipinski definition) is 2. The number of para-hydroxylation sites is 1. The van der Waals surface area contributed by atoms with Crippen LogP contribution < -0.4 is 4.90 Å². The SMILES string of the molecule is O=CN1C=CN(c2ccccc2)C1. The van der Waals surface area contributed by atoms with Crippen molar-refractivity contribution >= 4 is 12.1 Å². The van der Waals surface area contributed by atoms with E-state index in [2.05, 4.69) is 0 Å². The minimum atomic E-state index is 0.605. The molecular formula is C10H10N2O. The molecular weight excluding hydrogens is 164 g/mol. The predicted octanol–water partition coefficient (Wildman–Crippen LogP) is 1.39. The van der Waals surface area contributed by atoms with E-state index in [-0.39, 0.29) is 0 Å². The maximum atomic E-state index is 10.4. The Balaban J connectivity index is 2.14. The third kappa shape index (κ3) is 1.54. The van der Waals surface area contributed by atoms with Crippen LogP contribution in [-0.2, 0) is 4.79 Å². The first-order valence-corrected chi connectivity index (χ1v) is 4.11. The standard InChI is InChI=1S/C10H10N2O/c13-9-11-6-7-12(8-11)10-4-2-1-3-5-10/h1-7,9H,8H2. The van der Waals surface area contributed by atoms with E-state index in [1.165, 1.54) is 0 Å². The third-order valence-electron chi connectivity index (χ3n) is 1.98. The molecule has 1 aromatic carbocycles. The molecule has 0 bridgehead atoms. The zero-order valence-corrected chi connectivity index (χ0v) is 7.13. The summed E-state index contributed by atoms with van der Waals surface area (Å²) in [7, 11) is 0. The van der Waals surface area contributed by atoms with Crippen LogP contribution in [0, 0.1) is 0 Å². The molecule has 1 aromatic rings. The van der Waals surface area contributed by atoms with Crippen molar-refractivity contribution in [2.24, 2.45) is 0 Å². The van der Waals surface area contributed by atoms with E-state index in [1.807, 2.05) is 41.4 Å². The number of hydrogen-bond donors (Lipinski definition) is 0. The molecule has 0 fully saturated rings. The van der Waals surface area contributed by atoms with Crippen molar-refractivity contribution in [1.29, 1.82) is 0 Å². The molecule has 0 radical (unpaired) electrons. The molecule has 66 valence electrons. The Kier molecular flexibility index (Phi) is 2.00. The highest BCUT2D eigenvalue weighted by atomic mass is 16.1. The fourth-order valence-electron chi connectivity index (χ4n) is 1.29. The molecule has 0 N–H and O–H groups in total. The Morgan fingerprint density at radius 2 is 1.92 bits per heavy atom. The summed E-state index contributed by atoms with van der Waals surface area (Å²) in [6.45, 7) is 0.605. The number of carbonyl (C=O) groups is 1. The summed E-state index contributed by atoms with van der Waals surface area (Å²) in [6.07, 6.45) is 4.48. The second-order valence-corrected chi connectivity index (χ2v) is 2.86. The summed E-state index contributed by atoms with van der Waals surface area (Å²) in [5, 5.41) is 0. The van der Waals surface area contributed by atoms with Crippen LogP contribution in [0.5, 0.6) is 0 Å². The lowest BCUT2D eigenvalue weighted by Crippen LogP contribution is -2.23. The molecule has 0 atom stereocenters. The Labute approximate surface area is 76.9 Å². The molecule has 1 heterocycles. The molecule has 0 aliphatic carbocycles. The molecule has 0 spiro atoms. The Hall–Kier alpha value is -1.77. The van der Waals surface area contributed by atoms with Gasteiger partial charge in [0.05, 0.1) is 0 Å². The lowest BCUT2D eigenvalue weighted by molar-refractivity contribution is -0.115. The molecule has 13 heavy (non-hydrogen) atoms. The van der Waals surface area contributed by atoms with Crippen molar-refractivity contribution in [3.63, 3.8) is 0 Å². The van der Waals surface area contributed by atoms with Crippen molar-refractivity contribution in [1.82, 2.24) is 4.90 Å². The van der Waals surface area contributed by atoms with E-state index in [0.717, 1.165) is 12.1 Å². The van der Waals surface area contributed by atoms with E-state index in [9.17, 15) is 4.79 Å². The number of rotatable bonds is 2. The van der Waals surface area contributed by atoms with Gasteiger partial charge in [0.15, 0.2) is 0 Å². The van der Waals surface area contributed by atoms with E-state index < -0.39 is 0 Å². The van der Waals surface area contributed by atoms with Crippen LogP contribution >= 0.6 is 0 Å². The van der Waals surface area contributed by atoms with Gasteiger partial charge in [0, 0.05) is 18.1 Å². The van der Waals surface area contributed by atoms with Crippen molar-refractivity contribution in [3.8, 4) is 0 Å². The first kappa shape index (κ1) is 7.86. The first-order valence-electron chi connectivity index (χ1n) is 4.11. The fraction of sp³-hybridized carbons (Fsp3) is 0.100. The zero-order valence-electron chi connectivity index (χ0n) is 7.13. The van der Waals surface area contributed by atoms with Crippen LogP contribution in [0.1, 0.15) is 0 Å². The smallest absolute Gasteiger partial charge is 0.215 e. The molecule has 1 aliphatic rings. The summed E-state index contributed by atoms with van der Waals surface area (Å²) >= 11 is 0. The molecule has 3 nitrogen and oxygen atoms in total. The minimum absolute atomic E-state index is 0.605. The Morgan fingerprint density at radius 1 is 1.15 bits per heavy atom. The Bertz CT molecular complexity index is 321. The topological polar surface area (TPSA) is 23.6 Å². The fourth-order valence-corrected chi connectivity index (χ4v) is 1.29. The normalized spacial score (nSPS) is 15.1. The molecule has 1 aliphatic heterocycles. The lowest BCUT2D eigenvalue weighted by Gasteiger charge is -2.16. The highest BCUT2D eigenvalue weighted by Crippen LogP contribution is 2.17. The maximum Gasteiger partial charge on any atom is 0.215 e. The van der Waals surface area contributed by atoms with Gasteiger partial charge >= 0.3 is 0 Å². The quantitative estimate of drug-likeness (QED) is 0.632. The van der Waals surface area contributed by atoms with Crippen molar-refractivity contribution in [2.45, 2.75) is 0 Å². The van der Waals surface area contributed by atoms with Crippen LogP contribution in [0.4, 0.5) is 5.69 Å². The largest absolute Gasteiger partial charge is 0.328 e. The zero-order chi connectivity index (χ0) is 9.10. The van der Waals surface area contributed by atoms with Gasteiger partial charge in [-0.1, -0.05) is 18.2 Å². The molecule has 0 aromatic heterocycles. The van der Waals surface area contributed by atoms with Gasteiger partial charge in [-0.3, -0.25) is 4.79 Å². The van der Waals surface area contributed by atoms with Gasteiger partial charge in [0.1, 0.15) is 6.67 Å². The lowest BCUT2D eigenvalue weighted by atomic mass is 10.3. The summed E-state index contributed by atoms with van der Waals surface area (Å²) in [5.74, 6) is 0. The van der Waals surface area contributed by atoms with Crippen molar-refractivity contribution in [2.75, 3.05) is 11.6 Å². The average Bonchev–Trinajstić information content (AvgIpc) is 2.67. The highest BCUT2D eigenvalue weighted by molar-refractivity contribution is 5.56. The van der Waals surface area contributed by atoms with Gasteiger partial charge in [-0.05, 0) is 12.1 Å². The summed E-state index contributed by atoms with van der Waals surface area (Å²) in [4.78, 5) is 14.0. The maximum absolute atomic E-state index is 10.4. The van der Waals surface area contributed by atoms with Crippen molar-refractivity contribution in [3.05, 3.63) is 42.7 Å². The summed E-state index contributed by atoms with van der Waals surface area (Å²) < 4.78 is 0. The van der Waals surface area contributed by atoms with Gasteiger partial charge in [-0.15, -0.1) is 0 Å². The Morgan fingerprint density at radius 3 is 2.54 bits per heavy atom. The molecule has 0 saturated carbocycles. The monoisotopic (exact) mass is 174 g/mol. The third-order valence-corrected chi connectivity index (χ3v) is 1.98. The van der Waals surface area contributed by atoms with Crippen LogP contribution in [0.25, 0.3) is 0 Å². The van der Waals surface area contributed by atoms with E-state index in [4.69, 9.17) is 0 Å². The minimum Gasteiger partial charge on any atom is -0.328 e. The van der Waals surface area contributed by atoms with E-state index in [1.54, 1.807) is 11.1 Å². The van der Waals surface area contributed by atoms with Crippen LogP contribution in [0.15, 0.2) is 42.7 Å². The average molecular weight is 174 g/mol. The number of benzene rings is 1. The van der Waals surface area contributed by atoms with Gasteiger partial charge in [0.25, 0.3) is 0 Å². The molecule has 2 rings (SSSR count). The van der Waals surface area contributed by atoms with Crippen LogP contribution in [0.3, 0.4) is 0 Å². The van der Waals surface area contributed by atoms with E-state index in [0.29, 0.717) is 6.67 Å². The second-order valence-electron chi connectivity index (χ2n) is 2.86. The summed E-state index contributed by atoms with van der Waals surface area (Å²) in [6, 6.07) is 9.96. The van der Waals surface area contributed by atoms with Crippen molar-refractivity contribution < 1.29 is 4.79 Å². The number of amides is 1. The first-order chi connectivity index (χ1) is 6.40. The van der Waals surface area contributed by atoms with Gasteiger partial charge < -0.3 is 9.80 Å². The number of nitrogens with zero attached hydrogens (tertiary/aromatic N) is 2. The number of carbonyl (C=O) groups excluding carboxylic acids is 1. The molecule has 0 unspecified atom stereocenters. The van der Waals surface area contributed by atoms with Gasteiger partial charge in [-0.2, -0.15) is 0 Å². The van der Waals surface area contributed by atoms with Gasteiger partial charge in [0.2, 0.25) is 6.41 Å². The second kappa shape index (κ2) is 3.31. The van der Waals surface area contributed by atoms with Gasteiger partial charge in [-0.25, -0.2) is 0 Å². The highest BCUT2D eigenvalue weighted by Gasteiger charge is 2.11. The predicted molar refractivity (Wildman–Crippen MR) is 50.8 cm³/mol. The van der Waals surface area contributed by atoms with Crippen LogP contribution in [-0.4, -0.2) is 18.0 Å².